The first kappa shape index (κ1) is 17.5. The van der Waals surface area contributed by atoms with E-state index in [1.165, 1.54) is 32.6 Å². The number of hydrogen-bond donors (Lipinski definition) is 1. The number of likely N-dealkylation sites (tertiary alicyclic amines) is 1. The van der Waals surface area contributed by atoms with Crippen LogP contribution in [-0.2, 0) is 6.54 Å². The largest absolute Gasteiger partial charge is 0.478 e. The zero-order valence-electron chi connectivity index (χ0n) is 13.3. The summed E-state index contributed by atoms with van der Waals surface area (Å²) in [6, 6.07) is 6.79. The molecule has 0 spiro atoms. The summed E-state index contributed by atoms with van der Waals surface area (Å²) in [6.45, 7) is 10.6. The topological polar surface area (TPSA) is 40.6 Å². The molecule has 1 aromatic heterocycles. The fourth-order valence-corrected chi connectivity index (χ4v) is 3.30. The summed E-state index contributed by atoms with van der Waals surface area (Å²) < 4.78 is 5.48. The first-order valence-electron chi connectivity index (χ1n) is 8.11. The predicted molar refractivity (Wildman–Crippen MR) is 90.8 cm³/mol. The van der Waals surface area contributed by atoms with E-state index in [1.54, 1.807) is 0 Å². The summed E-state index contributed by atoms with van der Waals surface area (Å²) >= 11 is 0. The Bertz CT molecular complexity index is 454. The van der Waals surface area contributed by atoms with E-state index in [-0.39, 0.29) is 12.4 Å². The van der Waals surface area contributed by atoms with E-state index in [2.05, 4.69) is 26.2 Å². The maximum Gasteiger partial charge on any atom is 0.213 e. The van der Waals surface area contributed by atoms with E-state index >= 15 is 0 Å². The number of nitrogens with zero attached hydrogens (tertiary/aromatic N) is 3. The van der Waals surface area contributed by atoms with Gasteiger partial charge in [0.25, 0.3) is 0 Å². The Morgan fingerprint density at radius 3 is 2.86 bits per heavy atom. The van der Waals surface area contributed by atoms with Crippen molar-refractivity contribution in [2.45, 2.75) is 25.9 Å². The third-order valence-corrected chi connectivity index (χ3v) is 4.37. The molecule has 5 nitrogen and oxygen atoms in total. The van der Waals surface area contributed by atoms with Gasteiger partial charge in [0.15, 0.2) is 0 Å². The fourth-order valence-electron chi connectivity index (χ4n) is 3.30. The van der Waals surface area contributed by atoms with Crippen LogP contribution in [0, 0.1) is 0 Å². The third kappa shape index (κ3) is 4.56. The van der Waals surface area contributed by atoms with Crippen LogP contribution in [0.25, 0.3) is 0 Å². The Labute approximate surface area is 139 Å². The molecule has 0 radical (unpaired) electrons. The standard InChI is InChI=1S/C16H26N4O.ClH/c1-2-21-16-5-3-4-14(18-16)12-19-9-6-15(13-19)20-10-7-17-8-11-20;/h3-5,15,17H,2,6-13H2,1H3;1H. The van der Waals surface area contributed by atoms with Crippen LogP contribution in [-0.4, -0.2) is 66.7 Å². The summed E-state index contributed by atoms with van der Waals surface area (Å²) in [7, 11) is 0. The summed E-state index contributed by atoms with van der Waals surface area (Å²) in [4.78, 5) is 9.73. The van der Waals surface area contributed by atoms with Crippen molar-refractivity contribution >= 4 is 12.4 Å². The number of hydrogen-bond acceptors (Lipinski definition) is 5. The van der Waals surface area contributed by atoms with Gasteiger partial charge in [-0.3, -0.25) is 9.80 Å². The predicted octanol–water partition coefficient (Wildman–Crippen LogP) is 1.38. The average Bonchev–Trinajstić information content (AvgIpc) is 2.97. The molecule has 3 rings (SSSR count). The van der Waals surface area contributed by atoms with E-state index in [0.717, 1.165) is 37.3 Å². The Morgan fingerprint density at radius 2 is 2.09 bits per heavy atom. The number of ether oxygens (including phenoxy) is 1. The number of pyridine rings is 1. The molecule has 0 aromatic carbocycles. The minimum absolute atomic E-state index is 0. The van der Waals surface area contributed by atoms with E-state index in [9.17, 15) is 0 Å². The molecular formula is C16H27ClN4O. The molecule has 6 heteroatoms. The van der Waals surface area contributed by atoms with Gasteiger partial charge in [0.1, 0.15) is 0 Å². The zero-order valence-corrected chi connectivity index (χ0v) is 14.1. The van der Waals surface area contributed by atoms with Crippen molar-refractivity contribution in [3.63, 3.8) is 0 Å². The molecule has 2 fully saturated rings. The Morgan fingerprint density at radius 1 is 1.27 bits per heavy atom. The summed E-state index contributed by atoms with van der Waals surface area (Å²) in [6.07, 6.45) is 1.28. The van der Waals surface area contributed by atoms with Crippen LogP contribution >= 0.6 is 12.4 Å². The highest BCUT2D eigenvalue weighted by atomic mass is 35.5. The number of halogens is 1. The quantitative estimate of drug-likeness (QED) is 0.885. The van der Waals surface area contributed by atoms with Crippen molar-refractivity contribution in [2.75, 3.05) is 45.9 Å². The lowest BCUT2D eigenvalue weighted by molar-refractivity contribution is 0.170. The number of aromatic nitrogens is 1. The second-order valence-electron chi connectivity index (χ2n) is 5.86. The zero-order chi connectivity index (χ0) is 14.5. The molecule has 0 saturated carbocycles. The molecule has 1 atom stereocenters. The Hall–Kier alpha value is -0.880. The van der Waals surface area contributed by atoms with Crippen molar-refractivity contribution in [1.82, 2.24) is 20.1 Å². The molecule has 2 aliphatic rings. The molecule has 2 saturated heterocycles. The van der Waals surface area contributed by atoms with Gasteiger partial charge in [-0.1, -0.05) is 6.07 Å². The van der Waals surface area contributed by atoms with E-state index in [1.807, 2.05) is 19.1 Å². The maximum absolute atomic E-state index is 5.48. The summed E-state index contributed by atoms with van der Waals surface area (Å²) in [5.74, 6) is 0.743. The molecule has 124 valence electrons. The summed E-state index contributed by atoms with van der Waals surface area (Å²) in [5, 5.41) is 3.43. The second-order valence-corrected chi connectivity index (χ2v) is 5.86. The lowest BCUT2D eigenvalue weighted by atomic mass is 10.2. The van der Waals surface area contributed by atoms with Crippen LogP contribution in [0.5, 0.6) is 5.88 Å². The van der Waals surface area contributed by atoms with Crippen molar-refractivity contribution in [3.05, 3.63) is 23.9 Å². The number of nitrogens with one attached hydrogen (secondary N) is 1. The van der Waals surface area contributed by atoms with Crippen LogP contribution in [0.1, 0.15) is 19.0 Å². The molecule has 0 amide bonds. The van der Waals surface area contributed by atoms with E-state index in [4.69, 9.17) is 4.74 Å². The highest BCUT2D eigenvalue weighted by molar-refractivity contribution is 5.85. The van der Waals surface area contributed by atoms with E-state index < -0.39 is 0 Å². The van der Waals surface area contributed by atoms with Gasteiger partial charge in [-0.25, -0.2) is 4.98 Å². The van der Waals surface area contributed by atoms with Gasteiger partial charge in [-0.05, 0) is 19.4 Å². The van der Waals surface area contributed by atoms with Gasteiger partial charge in [0.05, 0.1) is 12.3 Å². The van der Waals surface area contributed by atoms with Crippen LogP contribution in [0.15, 0.2) is 18.2 Å². The van der Waals surface area contributed by atoms with Crippen molar-refractivity contribution in [2.24, 2.45) is 0 Å². The van der Waals surface area contributed by atoms with Crippen LogP contribution in [0.3, 0.4) is 0 Å². The first-order chi connectivity index (χ1) is 10.3. The Balaban J connectivity index is 0.00000176. The van der Waals surface area contributed by atoms with Crippen LogP contribution in [0.2, 0.25) is 0 Å². The molecule has 22 heavy (non-hydrogen) atoms. The molecule has 3 heterocycles. The number of rotatable bonds is 5. The van der Waals surface area contributed by atoms with E-state index in [0.29, 0.717) is 6.61 Å². The van der Waals surface area contributed by atoms with Gasteiger partial charge < -0.3 is 10.1 Å². The molecular weight excluding hydrogens is 300 g/mol. The minimum atomic E-state index is 0. The Kier molecular flexibility index (Phi) is 6.89. The van der Waals surface area contributed by atoms with Crippen molar-refractivity contribution in [1.29, 1.82) is 0 Å². The lowest BCUT2D eigenvalue weighted by Crippen LogP contribution is -2.49. The fraction of sp³-hybridized carbons (Fsp3) is 0.688. The monoisotopic (exact) mass is 326 g/mol. The number of piperazine rings is 1. The average molecular weight is 327 g/mol. The maximum atomic E-state index is 5.48. The highest BCUT2D eigenvalue weighted by Crippen LogP contribution is 2.18. The smallest absolute Gasteiger partial charge is 0.213 e. The normalized spacial score (nSPS) is 23.2. The summed E-state index contributed by atoms with van der Waals surface area (Å²) in [5.41, 5.74) is 1.11. The molecule has 0 aliphatic carbocycles. The van der Waals surface area contributed by atoms with Gasteiger partial charge in [-0.15, -0.1) is 12.4 Å². The second kappa shape index (κ2) is 8.67. The minimum Gasteiger partial charge on any atom is -0.478 e. The highest BCUT2D eigenvalue weighted by Gasteiger charge is 2.28. The van der Waals surface area contributed by atoms with Gasteiger partial charge >= 0.3 is 0 Å². The van der Waals surface area contributed by atoms with Gasteiger partial charge in [-0.2, -0.15) is 0 Å². The van der Waals surface area contributed by atoms with Gasteiger partial charge in [0, 0.05) is 57.9 Å². The molecule has 0 bridgehead atoms. The van der Waals surface area contributed by atoms with Gasteiger partial charge in [0.2, 0.25) is 5.88 Å². The molecule has 1 unspecified atom stereocenters. The third-order valence-electron chi connectivity index (χ3n) is 4.37. The molecule has 1 aromatic rings. The van der Waals surface area contributed by atoms with Crippen LogP contribution in [0.4, 0.5) is 0 Å². The SMILES string of the molecule is CCOc1cccc(CN2CCC(N3CCNCC3)C2)n1.Cl. The molecule has 2 aliphatic heterocycles. The molecule has 1 N–H and O–H groups in total. The van der Waals surface area contributed by atoms with Crippen molar-refractivity contribution in [3.8, 4) is 5.88 Å². The lowest BCUT2D eigenvalue weighted by Gasteiger charge is -2.32. The van der Waals surface area contributed by atoms with Crippen molar-refractivity contribution < 1.29 is 4.74 Å². The first-order valence-corrected chi connectivity index (χ1v) is 8.11. The van der Waals surface area contributed by atoms with Crippen LogP contribution < -0.4 is 10.1 Å².